The largest absolute Gasteiger partial charge is 0.330 e. The zero-order chi connectivity index (χ0) is 10.7. The van der Waals surface area contributed by atoms with Gasteiger partial charge in [-0.2, -0.15) is 0 Å². The molecule has 0 aliphatic carbocycles. The third-order valence-corrected chi connectivity index (χ3v) is 1.92. The van der Waals surface area contributed by atoms with E-state index in [0.717, 1.165) is 0 Å². The molecule has 0 saturated carbocycles. The van der Waals surface area contributed by atoms with Crippen molar-refractivity contribution in [3.8, 4) is 11.3 Å². The second kappa shape index (κ2) is 3.89. The van der Waals surface area contributed by atoms with Gasteiger partial charge in [-0.05, 0) is 0 Å². The third-order valence-electron chi connectivity index (χ3n) is 1.92. The highest BCUT2D eigenvalue weighted by Gasteiger charge is 2.17. The van der Waals surface area contributed by atoms with E-state index in [2.05, 4.69) is 14.9 Å². The monoisotopic (exact) mass is 205 g/mol. The number of aromatic nitrogens is 1. The molecule has 2 aromatic rings. The van der Waals surface area contributed by atoms with Crippen molar-refractivity contribution < 1.29 is 9.73 Å². The van der Waals surface area contributed by atoms with Crippen molar-refractivity contribution in [2.45, 2.75) is 0 Å². The molecule has 6 nitrogen and oxygen atoms in total. The summed E-state index contributed by atoms with van der Waals surface area (Å²) in [5, 5.41) is 15.1. The first-order chi connectivity index (χ1) is 7.36. The van der Waals surface area contributed by atoms with E-state index in [4.69, 9.17) is 5.21 Å². The van der Waals surface area contributed by atoms with Crippen LogP contribution in [0, 0.1) is 4.91 Å². The van der Waals surface area contributed by atoms with Gasteiger partial charge in [-0.3, -0.25) is 10.7 Å². The molecule has 0 radical (unpaired) electrons. The average molecular weight is 205 g/mol. The van der Waals surface area contributed by atoms with E-state index in [1.54, 1.807) is 24.3 Å². The van der Waals surface area contributed by atoms with Crippen LogP contribution in [0.1, 0.15) is 0 Å². The first kappa shape index (κ1) is 9.35. The van der Waals surface area contributed by atoms with Crippen molar-refractivity contribution in [3.63, 3.8) is 0 Å². The number of anilines is 1. The van der Waals surface area contributed by atoms with E-state index >= 15 is 0 Å². The highest BCUT2D eigenvalue weighted by atomic mass is 16.5. The molecule has 2 rings (SSSR count). The van der Waals surface area contributed by atoms with Gasteiger partial charge in [-0.25, -0.2) is 0 Å². The average Bonchev–Trinajstić information content (AvgIpc) is 2.72. The summed E-state index contributed by atoms with van der Waals surface area (Å²) in [6.45, 7) is 0. The summed E-state index contributed by atoms with van der Waals surface area (Å²) >= 11 is 0. The lowest BCUT2D eigenvalue weighted by Gasteiger charge is -1.98. The number of nitrogens with zero attached hydrogens (tertiary/aromatic N) is 2. The van der Waals surface area contributed by atoms with Crippen LogP contribution in [0.25, 0.3) is 11.3 Å². The van der Waals surface area contributed by atoms with Gasteiger partial charge in [-0.1, -0.05) is 35.5 Å². The Morgan fingerprint density at radius 1 is 1.33 bits per heavy atom. The second-order valence-corrected chi connectivity index (χ2v) is 2.78. The minimum Gasteiger partial charge on any atom is -0.330 e. The van der Waals surface area contributed by atoms with Crippen molar-refractivity contribution in [2.24, 2.45) is 5.18 Å². The maximum atomic E-state index is 10.3. The lowest BCUT2D eigenvalue weighted by atomic mass is 10.1. The van der Waals surface area contributed by atoms with Gasteiger partial charge < -0.3 is 4.52 Å². The lowest BCUT2D eigenvalue weighted by Crippen LogP contribution is -1.90. The zero-order valence-electron chi connectivity index (χ0n) is 7.54. The molecule has 6 heteroatoms. The summed E-state index contributed by atoms with van der Waals surface area (Å²) in [5.74, 6) is -0.281. The molecule has 1 aromatic heterocycles. The molecule has 0 aliphatic rings. The van der Waals surface area contributed by atoms with Gasteiger partial charge in [0, 0.05) is 10.7 Å². The minimum absolute atomic E-state index is 0.0659. The SMILES string of the molecule is O=Nc1onc(-c2ccccc2)c1NO. The van der Waals surface area contributed by atoms with Crippen LogP contribution in [0.5, 0.6) is 0 Å². The summed E-state index contributed by atoms with van der Waals surface area (Å²) in [7, 11) is 0. The van der Waals surface area contributed by atoms with Crippen molar-refractivity contribution in [1.82, 2.24) is 5.16 Å². The summed E-state index contributed by atoms with van der Waals surface area (Å²) in [6.07, 6.45) is 0. The van der Waals surface area contributed by atoms with E-state index in [-0.39, 0.29) is 11.6 Å². The summed E-state index contributed by atoms with van der Waals surface area (Å²) in [4.78, 5) is 10.3. The Kier molecular flexibility index (Phi) is 2.42. The summed E-state index contributed by atoms with van der Waals surface area (Å²) in [6, 6.07) is 8.99. The predicted octanol–water partition coefficient (Wildman–Crippen LogP) is 2.54. The van der Waals surface area contributed by atoms with Crippen LogP contribution < -0.4 is 5.48 Å². The Hall–Kier alpha value is -2.21. The topological polar surface area (TPSA) is 87.7 Å². The number of hydrogen-bond donors (Lipinski definition) is 2. The van der Waals surface area contributed by atoms with Crippen molar-refractivity contribution in [1.29, 1.82) is 0 Å². The van der Waals surface area contributed by atoms with Crippen LogP contribution >= 0.6 is 0 Å². The first-order valence-corrected chi connectivity index (χ1v) is 4.15. The van der Waals surface area contributed by atoms with E-state index in [1.165, 1.54) is 0 Å². The Morgan fingerprint density at radius 2 is 2.07 bits per heavy atom. The van der Waals surface area contributed by atoms with E-state index in [0.29, 0.717) is 11.3 Å². The van der Waals surface area contributed by atoms with Crippen LogP contribution in [0.2, 0.25) is 0 Å². The smallest absolute Gasteiger partial charge is 0.316 e. The van der Waals surface area contributed by atoms with Gasteiger partial charge in [0.05, 0.1) is 0 Å². The first-order valence-electron chi connectivity index (χ1n) is 4.15. The van der Waals surface area contributed by atoms with Gasteiger partial charge in [0.15, 0.2) is 5.69 Å². The van der Waals surface area contributed by atoms with E-state index in [1.807, 2.05) is 11.5 Å². The van der Waals surface area contributed by atoms with Crippen LogP contribution in [0.3, 0.4) is 0 Å². The molecule has 0 bridgehead atoms. The molecule has 0 spiro atoms. The fourth-order valence-electron chi connectivity index (χ4n) is 1.24. The molecule has 76 valence electrons. The highest BCUT2D eigenvalue weighted by molar-refractivity contribution is 5.79. The van der Waals surface area contributed by atoms with Gasteiger partial charge >= 0.3 is 5.88 Å². The molecular formula is C9H7N3O3. The molecular weight excluding hydrogens is 198 g/mol. The normalized spacial score (nSPS) is 9.93. The van der Waals surface area contributed by atoms with E-state index in [9.17, 15) is 4.91 Å². The Morgan fingerprint density at radius 3 is 2.67 bits per heavy atom. The molecule has 0 amide bonds. The van der Waals surface area contributed by atoms with Crippen LogP contribution in [-0.4, -0.2) is 10.4 Å². The molecule has 0 atom stereocenters. The number of rotatable bonds is 3. The Labute approximate surface area is 84.4 Å². The van der Waals surface area contributed by atoms with Gasteiger partial charge in [0.25, 0.3) is 0 Å². The molecule has 1 aromatic carbocycles. The predicted molar refractivity (Wildman–Crippen MR) is 52.8 cm³/mol. The molecule has 0 fully saturated rings. The van der Waals surface area contributed by atoms with Gasteiger partial charge in [0.2, 0.25) is 0 Å². The summed E-state index contributed by atoms with van der Waals surface area (Å²) < 4.78 is 4.64. The third kappa shape index (κ3) is 1.57. The van der Waals surface area contributed by atoms with Crippen LogP contribution in [-0.2, 0) is 0 Å². The number of nitrogens with one attached hydrogen (secondary N) is 1. The fraction of sp³-hybridized carbons (Fsp3) is 0. The maximum absolute atomic E-state index is 10.3. The van der Waals surface area contributed by atoms with Crippen molar-refractivity contribution in [2.75, 3.05) is 5.48 Å². The molecule has 2 N–H and O–H groups in total. The number of hydrogen-bond acceptors (Lipinski definition) is 6. The van der Waals surface area contributed by atoms with Gasteiger partial charge in [0.1, 0.15) is 5.69 Å². The van der Waals surface area contributed by atoms with Crippen molar-refractivity contribution in [3.05, 3.63) is 35.2 Å². The Balaban J connectivity index is 2.54. The molecule has 0 aliphatic heterocycles. The molecule has 15 heavy (non-hydrogen) atoms. The highest BCUT2D eigenvalue weighted by Crippen LogP contribution is 2.34. The number of benzene rings is 1. The van der Waals surface area contributed by atoms with Crippen LogP contribution in [0.4, 0.5) is 11.6 Å². The fourth-order valence-corrected chi connectivity index (χ4v) is 1.24. The standard InChI is InChI=1S/C9H7N3O3/c13-10-8-7(12-15-9(8)11-14)6-4-2-1-3-5-6/h1-5,10,13H. The maximum Gasteiger partial charge on any atom is 0.316 e. The zero-order valence-corrected chi connectivity index (χ0v) is 7.54. The van der Waals surface area contributed by atoms with Crippen LogP contribution in [0.15, 0.2) is 40.0 Å². The van der Waals surface area contributed by atoms with E-state index < -0.39 is 0 Å². The van der Waals surface area contributed by atoms with Crippen molar-refractivity contribution >= 4 is 11.6 Å². The molecule has 1 heterocycles. The summed E-state index contributed by atoms with van der Waals surface area (Å²) in [5.41, 5.74) is 2.97. The molecule has 0 unspecified atom stereocenters. The molecule has 0 saturated heterocycles. The Bertz CT molecular complexity index is 467. The number of nitroso groups, excluding NO2 is 1. The van der Waals surface area contributed by atoms with Gasteiger partial charge in [-0.15, -0.1) is 4.91 Å². The second-order valence-electron chi connectivity index (χ2n) is 2.78. The minimum atomic E-state index is -0.281. The lowest BCUT2D eigenvalue weighted by molar-refractivity contribution is 0.387. The quantitative estimate of drug-likeness (QED) is 0.593.